The van der Waals surface area contributed by atoms with Crippen molar-refractivity contribution >= 4 is 23.4 Å². The highest BCUT2D eigenvalue weighted by atomic mass is 32.2. The summed E-state index contributed by atoms with van der Waals surface area (Å²) in [6, 6.07) is 13.1. The van der Waals surface area contributed by atoms with Gasteiger partial charge in [0.15, 0.2) is 0 Å². The van der Waals surface area contributed by atoms with Crippen LogP contribution in [0, 0.1) is 0 Å². The second-order valence-corrected chi connectivity index (χ2v) is 7.48. The van der Waals surface area contributed by atoms with Gasteiger partial charge in [0.05, 0.1) is 25.5 Å². The summed E-state index contributed by atoms with van der Waals surface area (Å²) < 4.78 is 16.2. The summed E-state index contributed by atoms with van der Waals surface area (Å²) in [4.78, 5) is 12.2. The van der Waals surface area contributed by atoms with E-state index in [9.17, 15) is 4.79 Å². The van der Waals surface area contributed by atoms with Gasteiger partial charge in [-0.25, -0.2) is 0 Å². The molecule has 0 spiro atoms. The zero-order valence-electron chi connectivity index (χ0n) is 16.8. The maximum Gasteiger partial charge on any atom is 0.277 e. The minimum Gasteiger partial charge on any atom is -0.497 e. The fourth-order valence-corrected chi connectivity index (χ4v) is 3.19. The molecule has 3 aromatic rings. The number of thioether (sulfide) groups is 1. The molecule has 0 bridgehead atoms. The van der Waals surface area contributed by atoms with E-state index >= 15 is 0 Å². The predicted octanol–water partition coefficient (Wildman–Crippen LogP) is 4.61. The van der Waals surface area contributed by atoms with E-state index in [4.69, 9.17) is 13.9 Å². The molecule has 0 aliphatic heterocycles. The Hall–Kier alpha value is -3.00. The molecule has 2 aromatic carbocycles. The number of ether oxygens (including phenoxy) is 2. The van der Waals surface area contributed by atoms with Gasteiger partial charge < -0.3 is 19.2 Å². The molecule has 1 heterocycles. The number of methoxy groups -OCH3 is 2. The van der Waals surface area contributed by atoms with Gasteiger partial charge >= 0.3 is 0 Å². The van der Waals surface area contributed by atoms with Gasteiger partial charge in [-0.1, -0.05) is 37.7 Å². The Kier molecular flexibility index (Phi) is 6.77. The van der Waals surface area contributed by atoms with Crippen LogP contribution in [0.25, 0.3) is 11.5 Å². The van der Waals surface area contributed by atoms with Crippen molar-refractivity contribution in [2.75, 3.05) is 25.3 Å². The van der Waals surface area contributed by atoms with Crippen LogP contribution in [-0.4, -0.2) is 36.1 Å². The summed E-state index contributed by atoms with van der Waals surface area (Å²) >= 11 is 1.17. The summed E-state index contributed by atoms with van der Waals surface area (Å²) in [6.07, 6.45) is 0. The Bertz CT molecular complexity index is 970. The van der Waals surface area contributed by atoms with Crippen molar-refractivity contribution in [3.63, 3.8) is 0 Å². The molecule has 0 fully saturated rings. The van der Waals surface area contributed by atoms with E-state index in [1.165, 1.54) is 17.3 Å². The number of benzene rings is 2. The monoisotopic (exact) mass is 413 g/mol. The van der Waals surface area contributed by atoms with Gasteiger partial charge in [-0.3, -0.25) is 4.79 Å². The van der Waals surface area contributed by atoms with Crippen LogP contribution in [0.2, 0.25) is 0 Å². The topological polar surface area (TPSA) is 86.5 Å². The van der Waals surface area contributed by atoms with Crippen molar-refractivity contribution in [2.45, 2.75) is 25.0 Å². The van der Waals surface area contributed by atoms with Gasteiger partial charge in [0, 0.05) is 11.8 Å². The number of nitrogens with zero attached hydrogens (tertiary/aromatic N) is 2. The lowest BCUT2D eigenvalue weighted by molar-refractivity contribution is -0.113. The first-order valence-electron chi connectivity index (χ1n) is 9.08. The second kappa shape index (κ2) is 9.47. The fourth-order valence-electron chi connectivity index (χ4n) is 2.63. The molecular weight excluding hydrogens is 390 g/mol. The first-order valence-corrected chi connectivity index (χ1v) is 10.1. The van der Waals surface area contributed by atoms with Gasteiger partial charge in [0.25, 0.3) is 11.1 Å². The van der Waals surface area contributed by atoms with E-state index in [2.05, 4.69) is 29.4 Å². The third kappa shape index (κ3) is 5.29. The average molecular weight is 413 g/mol. The Morgan fingerprint density at radius 3 is 2.52 bits per heavy atom. The number of rotatable bonds is 8. The molecule has 0 radical (unpaired) electrons. The SMILES string of the molecule is COc1ccc(-c2nnc(SCC(=O)Nc3ccc(C(C)C)cc3)o2)c(OC)c1. The molecule has 7 nitrogen and oxygen atoms in total. The Morgan fingerprint density at radius 2 is 1.86 bits per heavy atom. The standard InChI is InChI=1S/C21H23N3O4S/c1-13(2)14-5-7-15(8-6-14)22-19(25)12-29-21-24-23-20(28-21)17-10-9-16(26-3)11-18(17)27-4/h5-11,13H,12H2,1-4H3,(H,22,25). The van der Waals surface area contributed by atoms with Crippen molar-refractivity contribution in [3.8, 4) is 23.0 Å². The highest BCUT2D eigenvalue weighted by molar-refractivity contribution is 7.99. The lowest BCUT2D eigenvalue weighted by Gasteiger charge is -2.08. The molecule has 3 rings (SSSR count). The fraction of sp³-hybridized carbons (Fsp3) is 0.286. The van der Waals surface area contributed by atoms with Crippen molar-refractivity contribution in [2.24, 2.45) is 0 Å². The van der Waals surface area contributed by atoms with Crippen LogP contribution in [0.15, 0.2) is 52.1 Å². The molecule has 0 saturated heterocycles. The van der Waals surface area contributed by atoms with Gasteiger partial charge in [0.1, 0.15) is 11.5 Å². The first kappa shape index (κ1) is 20.7. The lowest BCUT2D eigenvalue weighted by Crippen LogP contribution is -2.14. The maximum atomic E-state index is 12.2. The van der Waals surface area contributed by atoms with E-state index in [-0.39, 0.29) is 11.7 Å². The predicted molar refractivity (Wildman–Crippen MR) is 113 cm³/mol. The second-order valence-electron chi connectivity index (χ2n) is 6.55. The first-order chi connectivity index (χ1) is 14.0. The zero-order chi connectivity index (χ0) is 20.8. The van der Waals surface area contributed by atoms with Crippen molar-refractivity contribution in [1.82, 2.24) is 10.2 Å². The molecule has 8 heteroatoms. The highest BCUT2D eigenvalue weighted by Crippen LogP contribution is 2.33. The van der Waals surface area contributed by atoms with Gasteiger partial charge in [-0.2, -0.15) is 0 Å². The summed E-state index contributed by atoms with van der Waals surface area (Å²) in [5.41, 5.74) is 2.64. The number of hydrogen-bond donors (Lipinski definition) is 1. The number of carbonyl (C=O) groups excluding carboxylic acids is 1. The largest absolute Gasteiger partial charge is 0.497 e. The van der Waals surface area contributed by atoms with Crippen LogP contribution in [0.5, 0.6) is 11.5 Å². The number of amides is 1. The van der Waals surface area contributed by atoms with Gasteiger partial charge in [-0.05, 0) is 35.7 Å². The van der Waals surface area contributed by atoms with E-state index in [1.54, 1.807) is 32.4 Å². The molecule has 0 saturated carbocycles. The van der Waals surface area contributed by atoms with E-state index in [1.807, 2.05) is 24.3 Å². The minimum atomic E-state index is -0.144. The molecule has 0 aliphatic carbocycles. The van der Waals surface area contributed by atoms with Crippen LogP contribution in [0.1, 0.15) is 25.3 Å². The molecule has 1 amide bonds. The molecule has 1 N–H and O–H groups in total. The molecule has 0 aliphatic rings. The number of aromatic nitrogens is 2. The third-order valence-electron chi connectivity index (χ3n) is 4.23. The van der Waals surface area contributed by atoms with Crippen LogP contribution >= 0.6 is 11.8 Å². The third-order valence-corrected chi connectivity index (χ3v) is 5.05. The number of anilines is 1. The van der Waals surface area contributed by atoms with Crippen LogP contribution in [-0.2, 0) is 4.79 Å². The van der Waals surface area contributed by atoms with E-state index in [0.717, 1.165) is 5.69 Å². The van der Waals surface area contributed by atoms with Crippen LogP contribution in [0.4, 0.5) is 5.69 Å². The maximum absolute atomic E-state index is 12.2. The molecule has 1 aromatic heterocycles. The number of carbonyl (C=O) groups is 1. The van der Waals surface area contributed by atoms with E-state index < -0.39 is 0 Å². The highest BCUT2D eigenvalue weighted by Gasteiger charge is 2.16. The van der Waals surface area contributed by atoms with Crippen LogP contribution in [0.3, 0.4) is 0 Å². The van der Waals surface area contributed by atoms with Crippen LogP contribution < -0.4 is 14.8 Å². The summed E-state index contributed by atoms with van der Waals surface area (Å²) in [7, 11) is 3.14. The van der Waals surface area contributed by atoms with Gasteiger partial charge in [0.2, 0.25) is 5.91 Å². The summed E-state index contributed by atoms with van der Waals surface area (Å²) in [6.45, 7) is 4.26. The molecule has 0 atom stereocenters. The average Bonchev–Trinajstić information content (AvgIpc) is 3.21. The van der Waals surface area contributed by atoms with Crippen molar-refractivity contribution in [1.29, 1.82) is 0 Å². The normalized spacial score (nSPS) is 10.8. The summed E-state index contributed by atoms with van der Waals surface area (Å²) in [5, 5.41) is 11.2. The Balaban J connectivity index is 1.60. The Labute approximate surface area is 173 Å². The number of hydrogen-bond acceptors (Lipinski definition) is 7. The number of nitrogens with one attached hydrogen (secondary N) is 1. The summed E-state index contributed by atoms with van der Waals surface area (Å²) in [5.74, 6) is 2.01. The molecule has 29 heavy (non-hydrogen) atoms. The molecular formula is C21H23N3O4S. The quantitative estimate of drug-likeness (QED) is 0.540. The van der Waals surface area contributed by atoms with Crippen molar-refractivity contribution in [3.05, 3.63) is 48.0 Å². The molecule has 0 unspecified atom stereocenters. The van der Waals surface area contributed by atoms with Crippen molar-refractivity contribution < 1.29 is 18.7 Å². The molecule has 152 valence electrons. The van der Waals surface area contributed by atoms with E-state index in [0.29, 0.717) is 34.1 Å². The minimum absolute atomic E-state index is 0.144. The van der Waals surface area contributed by atoms with Gasteiger partial charge in [-0.15, -0.1) is 10.2 Å². The zero-order valence-corrected chi connectivity index (χ0v) is 17.6. The lowest BCUT2D eigenvalue weighted by atomic mass is 10.0. The smallest absolute Gasteiger partial charge is 0.277 e. The Morgan fingerprint density at radius 1 is 1.10 bits per heavy atom.